The third-order valence-electron chi connectivity index (χ3n) is 4.12. The number of nitrogens with zero attached hydrogens (tertiary/aromatic N) is 1. The molecule has 0 aromatic heterocycles. The molecule has 1 amide bonds. The van der Waals surface area contributed by atoms with Gasteiger partial charge in [-0.25, -0.2) is 9.18 Å². The van der Waals surface area contributed by atoms with Crippen LogP contribution >= 0.6 is 0 Å². The van der Waals surface area contributed by atoms with E-state index in [0.29, 0.717) is 12.1 Å². The Balaban J connectivity index is 2.47. The molecule has 1 heterocycles. The monoisotopic (exact) mass is 389 g/mol. The van der Waals surface area contributed by atoms with Crippen LogP contribution < -0.4 is 0 Å². The molecule has 1 aliphatic rings. The van der Waals surface area contributed by atoms with Gasteiger partial charge in [0.15, 0.2) is 5.78 Å². The molecule has 1 aliphatic heterocycles. The van der Waals surface area contributed by atoms with Gasteiger partial charge in [-0.05, 0) is 38.3 Å². The fourth-order valence-corrected chi connectivity index (χ4v) is 3.11. The Morgan fingerprint density at radius 3 is 2.30 bits per heavy atom. The Morgan fingerprint density at radius 1 is 1.22 bits per heavy atom. The van der Waals surface area contributed by atoms with Crippen molar-refractivity contribution in [1.82, 2.24) is 4.90 Å². The van der Waals surface area contributed by atoms with Crippen molar-refractivity contribution in [3.05, 3.63) is 35.1 Å². The van der Waals surface area contributed by atoms with Crippen molar-refractivity contribution in [2.75, 3.05) is 6.54 Å². The van der Waals surface area contributed by atoms with Crippen molar-refractivity contribution < 1.29 is 31.9 Å². The first-order valence-corrected chi connectivity index (χ1v) is 8.50. The fourth-order valence-electron chi connectivity index (χ4n) is 3.11. The number of Topliss-reactive ketones (excluding diaryl/α,β-unsaturated/α-hetero) is 1. The van der Waals surface area contributed by atoms with Gasteiger partial charge in [0, 0.05) is 18.5 Å². The van der Waals surface area contributed by atoms with Gasteiger partial charge < -0.3 is 4.74 Å². The summed E-state index contributed by atoms with van der Waals surface area (Å²) in [6.07, 6.45) is -5.45. The molecule has 0 radical (unpaired) electrons. The smallest absolute Gasteiger partial charge is 0.416 e. The van der Waals surface area contributed by atoms with Gasteiger partial charge in [0.1, 0.15) is 17.5 Å². The third kappa shape index (κ3) is 4.99. The van der Waals surface area contributed by atoms with Crippen LogP contribution in [-0.4, -0.2) is 28.9 Å². The molecular formula is C19H23F4NO3. The van der Waals surface area contributed by atoms with Crippen LogP contribution in [0.2, 0.25) is 0 Å². The molecule has 8 heteroatoms. The lowest BCUT2D eigenvalue weighted by molar-refractivity contribution is -0.137. The Bertz CT molecular complexity index is 750. The predicted molar refractivity (Wildman–Crippen MR) is 90.5 cm³/mol. The molecule has 27 heavy (non-hydrogen) atoms. The molecule has 4 nitrogen and oxygen atoms in total. The number of likely N-dealkylation sites (tertiary alicyclic amines) is 1. The summed E-state index contributed by atoms with van der Waals surface area (Å²) in [6.45, 7) is 8.61. The molecule has 2 rings (SSSR count). The van der Waals surface area contributed by atoms with Gasteiger partial charge in [0.05, 0.1) is 5.56 Å². The number of hydrogen-bond donors (Lipinski definition) is 0. The second-order valence-corrected chi connectivity index (χ2v) is 8.55. The summed E-state index contributed by atoms with van der Waals surface area (Å²) in [4.78, 5) is 26.4. The van der Waals surface area contributed by atoms with E-state index in [0.717, 1.165) is 11.0 Å². The average Bonchev–Trinajstić information content (AvgIpc) is 2.43. The Labute approximate surface area is 155 Å². The summed E-state index contributed by atoms with van der Waals surface area (Å²) in [5, 5.41) is 0. The van der Waals surface area contributed by atoms with Crippen molar-refractivity contribution in [2.45, 2.75) is 58.9 Å². The normalized spacial score (nSPS) is 20.6. The van der Waals surface area contributed by atoms with Crippen LogP contribution in [0.3, 0.4) is 0 Å². The number of hydrogen-bond acceptors (Lipinski definition) is 3. The highest BCUT2D eigenvalue weighted by Gasteiger charge is 2.45. The lowest BCUT2D eigenvalue weighted by Crippen LogP contribution is -2.51. The van der Waals surface area contributed by atoms with E-state index in [9.17, 15) is 27.2 Å². The molecule has 0 aliphatic carbocycles. The zero-order chi connectivity index (χ0) is 20.8. The minimum Gasteiger partial charge on any atom is -0.444 e. The molecule has 1 unspecified atom stereocenters. The minimum absolute atomic E-state index is 0.0669. The van der Waals surface area contributed by atoms with Crippen LogP contribution in [0.25, 0.3) is 0 Å². The molecule has 0 bridgehead atoms. The van der Waals surface area contributed by atoms with E-state index in [2.05, 4.69) is 0 Å². The number of rotatable bonds is 1. The lowest BCUT2D eigenvalue weighted by atomic mass is 9.78. The van der Waals surface area contributed by atoms with E-state index in [-0.39, 0.29) is 18.5 Å². The molecule has 1 aromatic carbocycles. The van der Waals surface area contributed by atoms with E-state index >= 15 is 0 Å². The second-order valence-electron chi connectivity index (χ2n) is 8.55. The zero-order valence-electron chi connectivity index (χ0n) is 15.9. The molecule has 1 atom stereocenters. The maximum Gasteiger partial charge on any atom is 0.416 e. The summed E-state index contributed by atoms with van der Waals surface area (Å²) in [6, 6.07) is 0.639. The largest absolute Gasteiger partial charge is 0.444 e. The molecule has 0 spiro atoms. The predicted octanol–water partition coefficient (Wildman–Crippen LogP) is 5.12. The first kappa shape index (κ1) is 21.2. The van der Waals surface area contributed by atoms with Gasteiger partial charge in [-0.2, -0.15) is 13.2 Å². The third-order valence-corrected chi connectivity index (χ3v) is 4.12. The highest BCUT2D eigenvalue weighted by molar-refractivity contribution is 5.90. The topological polar surface area (TPSA) is 46.6 Å². The maximum absolute atomic E-state index is 14.5. The van der Waals surface area contributed by atoms with Crippen LogP contribution in [0.1, 0.15) is 58.2 Å². The van der Waals surface area contributed by atoms with Crippen molar-refractivity contribution in [1.29, 1.82) is 0 Å². The number of amides is 1. The standard InChI is InChI=1S/C19H23F4NO3/c1-17(2,3)27-16(26)24-10-18(4,5)9-14(25)15(24)12-7-6-11(8-13(12)20)19(21,22)23/h6-8,15H,9-10H2,1-5H3. The van der Waals surface area contributed by atoms with Gasteiger partial charge in [0.2, 0.25) is 0 Å². The summed E-state index contributed by atoms with van der Waals surface area (Å²) in [5.41, 5.74) is -2.83. The highest BCUT2D eigenvalue weighted by atomic mass is 19.4. The molecular weight excluding hydrogens is 366 g/mol. The van der Waals surface area contributed by atoms with Crippen LogP contribution in [0.4, 0.5) is 22.4 Å². The molecule has 150 valence electrons. The summed E-state index contributed by atoms with van der Waals surface area (Å²) in [5.74, 6) is -1.63. The maximum atomic E-state index is 14.5. The van der Waals surface area contributed by atoms with E-state index in [1.54, 1.807) is 34.6 Å². The lowest BCUT2D eigenvalue weighted by Gasteiger charge is -2.43. The number of carbonyl (C=O) groups is 2. The Kier molecular flexibility index (Phi) is 5.33. The number of ketones is 1. The Hall–Kier alpha value is -2.12. The highest BCUT2D eigenvalue weighted by Crippen LogP contribution is 2.40. The number of piperidine rings is 1. The van der Waals surface area contributed by atoms with Crippen LogP contribution in [-0.2, 0) is 15.7 Å². The average molecular weight is 389 g/mol. The van der Waals surface area contributed by atoms with Gasteiger partial charge >= 0.3 is 12.3 Å². The zero-order valence-corrected chi connectivity index (χ0v) is 15.9. The van der Waals surface area contributed by atoms with Crippen molar-refractivity contribution >= 4 is 11.9 Å². The van der Waals surface area contributed by atoms with E-state index in [4.69, 9.17) is 4.74 Å². The molecule has 0 saturated carbocycles. The fraction of sp³-hybridized carbons (Fsp3) is 0.579. The number of halogens is 4. The first-order valence-electron chi connectivity index (χ1n) is 8.50. The molecule has 0 N–H and O–H groups in total. The minimum atomic E-state index is -4.71. The summed E-state index contributed by atoms with van der Waals surface area (Å²) in [7, 11) is 0. The SMILES string of the molecule is CC1(C)CC(=O)C(c2ccc(C(F)(F)F)cc2F)N(C(=O)OC(C)(C)C)C1. The number of alkyl halides is 3. The van der Waals surface area contributed by atoms with Gasteiger partial charge in [-0.3, -0.25) is 9.69 Å². The van der Waals surface area contributed by atoms with Crippen LogP contribution in [0, 0.1) is 11.2 Å². The second kappa shape index (κ2) is 6.80. The van der Waals surface area contributed by atoms with Gasteiger partial charge in [-0.1, -0.05) is 19.9 Å². The molecule has 1 aromatic rings. The van der Waals surface area contributed by atoms with Gasteiger partial charge in [-0.15, -0.1) is 0 Å². The van der Waals surface area contributed by atoms with E-state index < -0.39 is 46.5 Å². The summed E-state index contributed by atoms with van der Waals surface area (Å²) >= 11 is 0. The van der Waals surface area contributed by atoms with Crippen LogP contribution in [0.5, 0.6) is 0 Å². The molecule has 1 fully saturated rings. The number of benzene rings is 1. The van der Waals surface area contributed by atoms with Crippen molar-refractivity contribution in [2.24, 2.45) is 5.41 Å². The van der Waals surface area contributed by atoms with Crippen LogP contribution in [0.15, 0.2) is 18.2 Å². The quantitative estimate of drug-likeness (QED) is 0.626. The number of ether oxygens (including phenoxy) is 1. The Morgan fingerprint density at radius 2 is 1.81 bits per heavy atom. The van der Waals surface area contributed by atoms with Crippen molar-refractivity contribution in [3.8, 4) is 0 Å². The number of carbonyl (C=O) groups excluding carboxylic acids is 2. The van der Waals surface area contributed by atoms with E-state index in [1.807, 2.05) is 0 Å². The first-order chi connectivity index (χ1) is 12.1. The van der Waals surface area contributed by atoms with Crippen molar-refractivity contribution in [3.63, 3.8) is 0 Å². The van der Waals surface area contributed by atoms with E-state index in [1.165, 1.54) is 0 Å². The van der Waals surface area contributed by atoms with Gasteiger partial charge in [0.25, 0.3) is 0 Å². The molecule has 1 saturated heterocycles. The summed E-state index contributed by atoms with van der Waals surface area (Å²) < 4.78 is 58.2.